The second-order valence-corrected chi connectivity index (χ2v) is 4.98. The minimum absolute atomic E-state index is 0.00370. The SMILES string of the molecule is CC(C)C(C)NC(=O)NNC(=O)Cc1ccc(F)cc1. The van der Waals surface area contributed by atoms with Gasteiger partial charge in [-0.05, 0) is 30.5 Å². The number of rotatable bonds is 4. The fraction of sp³-hybridized carbons (Fsp3) is 0.429. The summed E-state index contributed by atoms with van der Waals surface area (Å²) in [5, 5.41) is 2.69. The van der Waals surface area contributed by atoms with E-state index in [9.17, 15) is 14.0 Å². The maximum Gasteiger partial charge on any atom is 0.333 e. The van der Waals surface area contributed by atoms with Crippen LogP contribution in [0, 0.1) is 11.7 Å². The highest BCUT2D eigenvalue weighted by Gasteiger charge is 2.11. The fourth-order valence-electron chi connectivity index (χ4n) is 1.37. The van der Waals surface area contributed by atoms with Crippen LogP contribution in [-0.4, -0.2) is 18.0 Å². The van der Waals surface area contributed by atoms with E-state index in [0.29, 0.717) is 11.5 Å². The zero-order valence-corrected chi connectivity index (χ0v) is 11.9. The molecule has 0 fully saturated rings. The molecule has 110 valence electrons. The average Bonchev–Trinajstić information content (AvgIpc) is 2.39. The number of nitrogens with one attached hydrogen (secondary N) is 3. The predicted molar refractivity (Wildman–Crippen MR) is 74.2 cm³/mol. The van der Waals surface area contributed by atoms with E-state index in [0.717, 1.165) is 0 Å². The first-order chi connectivity index (χ1) is 9.38. The lowest BCUT2D eigenvalue weighted by Gasteiger charge is -2.17. The number of urea groups is 1. The van der Waals surface area contributed by atoms with Gasteiger partial charge in [0.25, 0.3) is 0 Å². The van der Waals surface area contributed by atoms with Crippen molar-refractivity contribution in [2.45, 2.75) is 33.2 Å². The van der Waals surface area contributed by atoms with E-state index in [4.69, 9.17) is 0 Å². The fourth-order valence-corrected chi connectivity index (χ4v) is 1.37. The Bertz CT molecular complexity index is 460. The van der Waals surface area contributed by atoms with E-state index in [2.05, 4.69) is 16.2 Å². The standard InChI is InChI=1S/C14H20FN3O2/c1-9(2)10(3)16-14(20)18-17-13(19)8-11-4-6-12(15)7-5-11/h4-7,9-10H,8H2,1-3H3,(H,17,19)(H2,16,18,20). The van der Waals surface area contributed by atoms with Crippen molar-refractivity contribution < 1.29 is 14.0 Å². The van der Waals surface area contributed by atoms with Gasteiger partial charge in [0.1, 0.15) is 5.82 Å². The molecule has 1 atom stereocenters. The molecule has 0 aliphatic carbocycles. The number of carbonyl (C=O) groups excluding carboxylic acids is 2. The molecule has 0 bridgehead atoms. The number of carbonyl (C=O) groups is 2. The molecule has 0 aliphatic rings. The molecule has 1 rings (SSSR count). The Labute approximate surface area is 117 Å². The van der Waals surface area contributed by atoms with Gasteiger partial charge >= 0.3 is 6.03 Å². The Kier molecular flexibility index (Phi) is 5.96. The first kappa shape index (κ1) is 15.9. The van der Waals surface area contributed by atoms with Gasteiger partial charge in [-0.2, -0.15) is 0 Å². The second kappa shape index (κ2) is 7.47. The van der Waals surface area contributed by atoms with Crippen LogP contribution in [0.3, 0.4) is 0 Å². The summed E-state index contributed by atoms with van der Waals surface area (Å²) in [6, 6.07) is 5.16. The molecular weight excluding hydrogens is 261 g/mol. The normalized spacial score (nSPS) is 11.8. The monoisotopic (exact) mass is 281 g/mol. The largest absolute Gasteiger partial charge is 0.334 e. The summed E-state index contributed by atoms with van der Waals surface area (Å²) >= 11 is 0. The van der Waals surface area contributed by atoms with Crippen molar-refractivity contribution in [1.29, 1.82) is 0 Å². The van der Waals surface area contributed by atoms with Crippen LogP contribution in [0.5, 0.6) is 0 Å². The van der Waals surface area contributed by atoms with E-state index in [1.54, 1.807) is 0 Å². The summed E-state index contributed by atoms with van der Waals surface area (Å²) in [4.78, 5) is 23.0. The molecule has 0 spiro atoms. The summed E-state index contributed by atoms with van der Waals surface area (Å²) in [7, 11) is 0. The molecule has 1 aromatic carbocycles. The van der Waals surface area contributed by atoms with Gasteiger partial charge in [-0.25, -0.2) is 14.6 Å². The molecule has 5 nitrogen and oxygen atoms in total. The summed E-state index contributed by atoms with van der Waals surface area (Å²) in [5.41, 5.74) is 5.24. The Hall–Kier alpha value is -2.11. The van der Waals surface area contributed by atoms with Gasteiger partial charge in [0.05, 0.1) is 6.42 Å². The molecule has 3 amide bonds. The summed E-state index contributed by atoms with van der Waals surface area (Å²) in [6.07, 6.45) is 0.0697. The predicted octanol–water partition coefficient (Wildman–Crippen LogP) is 1.74. The number of hydrazine groups is 1. The smallest absolute Gasteiger partial charge is 0.333 e. The van der Waals surface area contributed by atoms with Gasteiger partial charge in [0.2, 0.25) is 5.91 Å². The van der Waals surface area contributed by atoms with Crippen LogP contribution in [0.4, 0.5) is 9.18 Å². The van der Waals surface area contributed by atoms with Crippen LogP contribution in [0.1, 0.15) is 26.3 Å². The molecule has 0 radical (unpaired) electrons. The van der Waals surface area contributed by atoms with Gasteiger partial charge in [-0.3, -0.25) is 10.2 Å². The van der Waals surface area contributed by atoms with E-state index in [1.165, 1.54) is 24.3 Å². The van der Waals surface area contributed by atoms with Crippen molar-refractivity contribution in [3.8, 4) is 0 Å². The highest BCUT2D eigenvalue weighted by molar-refractivity contribution is 5.82. The third kappa shape index (κ3) is 5.69. The molecule has 1 unspecified atom stereocenters. The van der Waals surface area contributed by atoms with Crippen molar-refractivity contribution in [2.75, 3.05) is 0 Å². The first-order valence-corrected chi connectivity index (χ1v) is 6.48. The minimum Gasteiger partial charge on any atom is -0.334 e. The molecule has 0 saturated heterocycles. The van der Waals surface area contributed by atoms with Gasteiger partial charge in [0.15, 0.2) is 0 Å². The van der Waals surface area contributed by atoms with E-state index < -0.39 is 6.03 Å². The van der Waals surface area contributed by atoms with Crippen LogP contribution in [0.2, 0.25) is 0 Å². The van der Waals surface area contributed by atoms with Gasteiger partial charge in [-0.1, -0.05) is 26.0 Å². The zero-order valence-electron chi connectivity index (χ0n) is 11.9. The summed E-state index contributed by atoms with van der Waals surface area (Å²) < 4.78 is 12.7. The van der Waals surface area contributed by atoms with Crippen LogP contribution < -0.4 is 16.2 Å². The molecule has 0 aliphatic heterocycles. The highest BCUT2D eigenvalue weighted by Crippen LogP contribution is 2.03. The molecule has 0 saturated carbocycles. The second-order valence-electron chi connectivity index (χ2n) is 4.98. The van der Waals surface area contributed by atoms with Crippen LogP contribution in [0.15, 0.2) is 24.3 Å². The number of benzene rings is 1. The van der Waals surface area contributed by atoms with Crippen LogP contribution in [0.25, 0.3) is 0 Å². The van der Waals surface area contributed by atoms with Gasteiger partial charge in [-0.15, -0.1) is 0 Å². The first-order valence-electron chi connectivity index (χ1n) is 6.48. The molecule has 20 heavy (non-hydrogen) atoms. The molecule has 1 aromatic rings. The lowest BCUT2D eigenvalue weighted by atomic mass is 10.1. The van der Waals surface area contributed by atoms with Crippen molar-refractivity contribution in [2.24, 2.45) is 5.92 Å². The number of amides is 3. The number of hydrogen-bond acceptors (Lipinski definition) is 2. The Morgan fingerprint density at radius 2 is 1.70 bits per heavy atom. The van der Waals surface area contributed by atoms with Crippen molar-refractivity contribution in [3.05, 3.63) is 35.6 Å². The third-order valence-electron chi connectivity index (χ3n) is 2.95. The van der Waals surface area contributed by atoms with Crippen molar-refractivity contribution in [3.63, 3.8) is 0 Å². The quantitative estimate of drug-likeness (QED) is 0.736. The Morgan fingerprint density at radius 1 is 1.10 bits per heavy atom. The lowest BCUT2D eigenvalue weighted by Crippen LogP contribution is -2.50. The molecule has 6 heteroatoms. The topological polar surface area (TPSA) is 70.2 Å². The van der Waals surface area contributed by atoms with Crippen LogP contribution in [-0.2, 0) is 11.2 Å². The van der Waals surface area contributed by atoms with Crippen LogP contribution >= 0.6 is 0 Å². The zero-order chi connectivity index (χ0) is 15.1. The average molecular weight is 281 g/mol. The number of hydrogen-bond donors (Lipinski definition) is 3. The molecular formula is C14H20FN3O2. The van der Waals surface area contributed by atoms with E-state index in [1.807, 2.05) is 20.8 Å². The Balaban J connectivity index is 2.32. The lowest BCUT2D eigenvalue weighted by molar-refractivity contribution is -0.121. The maximum atomic E-state index is 12.7. The minimum atomic E-state index is -0.460. The highest BCUT2D eigenvalue weighted by atomic mass is 19.1. The molecule has 3 N–H and O–H groups in total. The van der Waals surface area contributed by atoms with E-state index in [-0.39, 0.29) is 24.2 Å². The number of halogens is 1. The summed E-state index contributed by atoms with van der Waals surface area (Å²) in [6.45, 7) is 5.85. The van der Waals surface area contributed by atoms with Crippen molar-refractivity contribution in [1.82, 2.24) is 16.2 Å². The maximum absolute atomic E-state index is 12.7. The summed E-state index contributed by atoms with van der Waals surface area (Å²) in [5.74, 6) is -0.422. The molecule has 0 heterocycles. The van der Waals surface area contributed by atoms with Crippen molar-refractivity contribution >= 4 is 11.9 Å². The van der Waals surface area contributed by atoms with Gasteiger partial charge in [0, 0.05) is 6.04 Å². The molecule has 0 aromatic heterocycles. The Morgan fingerprint density at radius 3 is 2.25 bits per heavy atom. The van der Waals surface area contributed by atoms with E-state index >= 15 is 0 Å². The third-order valence-corrected chi connectivity index (χ3v) is 2.95. The van der Waals surface area contributed by atoms with Gasteiger partial charge < -0.3 is 5.32 Å².